The van der Waals surface area contributed by atoms with E-state index in [4.69, 9.17) is 0 Å². The molecule has 2 aromatic heterocycles. The zero-order valence-corrected chi connectivity index (χ0v) is 25.9. The molecule has 0 radical (unpaired) electrons. The number of nitrogens with zero attached hydrogens (tertiary/aromatic N) is 2. The SMILES string of the molecule is O=C(c1cccc(-n2c3ccccc3c3ccccc32)c1)c1ccccc1C(=O)c1cccc(-n2c3ccccc3c3ccccc32)c1. The van der Waals surface area contributed by atoms with Crippen LogP contribution in [-0.4, -0.2) is 20.7 Å². The summed E-state index contributed by atoms with van der Waals surface area (Å²) in [5, 5.41) is 4.63. The van der Waals surface area contributed by atoms with Crippen molar-refractivity contribution in [3.63, 3.8) is 0 Å². The summed E-state index contributed by atoms with van der Waals surface area (Å²) < 4.78 is 4.39. The van der Waals surface area contributed by atoms with E-state index >= 15 is 0 Å². The molecule has 0 aliphatic heterocycles. The number of benzene rings is 7. The second-order valence-electron chi connectivity index (χ2n) is 12.0. The maximum atomic E-state index is 14.2. The fourth-order valence-electron chi connectivity index (χ4n) is 7.16. The molecule has 9 rings (SSSR count). The molecule has 4 heteroatoms. The average molecular weight is 617 g/mol. The summed E-state index contributed by atoms with van der Waals surface area (Å²) in [6.07, 6.45) is 0. The summed E-state index contributed by atoms with van der Waals surface area (Å²) in [5.74, 6) is -0.389. The fourth-order valence-corrected chi connectivity index (χ4v) is 7.16. The first kappa shape index (κ1) is 27.8. The van der Waals surface area contributed by atoms with Gasteiger partial charge in [-0.2, -0.15) is 0 Å². The molecule has 48 heavy (non-hydrogen) atoms. The Morgan fingerprint density at radius 3 is 1.00 bits per heavy atom. The van der Waals surface area contributed by atoms with Gasteiger partial charge in [0, 0.05) is 55.2 Å². The Hall–Kier alpha value is -6.52. The number of aromatic nitrogens is 2. The molecule has 0 atom stereocenters. The predicted molar refractivity (Wildman–Crippen MR) is 195 cm³/mol. The van der Waals surface area contributed by atoms with Crippen molar-refractivity contribution in [3.05, 3.63) is 192 Å². The highest BCUT2D eigenvalue weighted by Crippen LogP contribution is 2.34. The summed E-state index contributed by atoms with van der Waals surface area (Å²) in [6, 6.07) is 55.7. The van der Waals surface area contributed by atoms with Gasteiger partial charge in [-0.05, 0) is 48.5 Å². The lowest BCUT2D eigenvalue weighted by Gasteiger charge is -2.13. The Labute approximate surface area is 276 Å². The van der Waals surface area contributed by atoms with Crippen LogP contribution in [0.5, 0.6) is 0 Å². The normalized spacial score (nSPS) is 11.5. The predicted octanol–water partition coefficient (Wildman–Crippen LogP) is 10.3. The molecule has 0 aliphatic rings. The second-order valence-corrected chi connectivity index (χ2v) is 12.0. The molecule has 0 unspecified atom stereocenters. The van der Waals surface area contributed by atoms with Gasteiger partial charge >= 0.3 is 0 Å². The quantitative estimate of drug-likeness (QED) is 0.175. The Balaban J connectivity index is 1.12. The van der Waals surface area contributed by atoms with Crippen molar-refractivity contribution in [2.24, 2.45) is 0 Å². The topological polar surface area (TPSA) is 44.0 Å². The van der Waals surface area contributed by atoms with Crippen LogP contribution in [0.1, 0.15) is 31.8 Å². The minimum atomic E-state index is -0.194. The van der Waals surface area contributed by atoms with Gasteiger partial charge in [-0.3, -0.25) is 9.59 Å². The molecule has 0 saturated heterocycles. The standard InChI is InChI=1S/C44H28N2O2/c47-43(29-13-11-15-31(27-29)45-39-23-7-3-17-33(39)34-18-4-8-24-40(34)45)37-21-1-2-22-38(37)44(48)30-14-12-16-32(28-30)46-41-25-9-5-19-35(41)36-20-6-10-26-42(36)46/h1-28H. The van der Waals surface area contributed by atoms with E-state index in [1.54, 1.807) is 12.1 Å². The first-order chi connectivity index (χ1) is 23.7. The lowest BCUT2D eigenvalue weighted by Crippen LogP contribution is -2.12. The van der Waals surface area contributed by atoms with E-state index in [1.807, 2.05) is 109 Å². The second kappa shape index (κ2) is 11.1. The van der Waals surface area contributed by atoms with E-state index in [0.717, 1.165) is 55.0 Å². The van der Waals surface area contributed by atoms with Gasteiger partial charge in [0.05, 0.1) is 22.1 Å². The van der Waals surface area contributed by atoms with Crippen molar-refractivity contribution in [2.75, 3.05) is 0 Å². The molecule has 0 N–H and O–H groups in total. The molecular weight excluding hydrogens is 588 g/mol. The number of hydrogen-bond acceptors (Lipinski definition) is 2. The molecule has 0 amide bonds. The number of rotatable bonds is 6. The first-order valence-electron chi connectivity index (χ1n) is 16.0. The van der Waals surface area contributed by atoms with Crippen LogP contribution in [0.3, 0.4) is 0 Å². The molecular formula is C44H28N2O2. The molecule has 9 aromatic rings. The number of para-hydroxylation sites is 4. The Kier molecular flexibility index (Phi) is 6.41. The molecule has 0 bridgehead atoms. The van der Waals surface area contributed by atoms with Crippen LogP contribution in [0.4, 0.5) is 0 Å². The molecule has 7 aromatic carbocycles. The van der Waals surface area contributed by atoms with E-state index in [9.17, 15) is 9.59 Å². The number of hydrogen-bond donors (Lipinski definition) is 0. The van der Waals surface area contributed by atoms with Crippen LogP contribution in [0, 0.1) is 0 Å². The summed E-state index contributed by atoms with van der Waals surface area (Å²) in [5.41, 5.74) is 7.87. The number of fused-ring (bicyclic) bond motifs is 6. The van der Waals surface area contributed by atoms with E-state index < -0.39 is 0 Å². The number of carbonyl (C=O) groups excluding carboxylic acids is 2. The first-order valence-corrected chi connectivity index (χ1v) is 16.0. The highest BCUT2D eigenvalue weighted by atomic mass is 16.1. The minimum absolute atomic E-state index is 0.194. The zero-order valence-electron chi connectivity index (χ0n) is 25.9. The van der Waals surface area contributed by atoms with Gasteiger partial charge in [-0.25, -0.2) is 0 Å². The Morgan fingerprint density at radius 2 is 0.646 bits per heavy atom. The highest BCUT2D eigenvalue weighted by Gasteiger charge is 2.21. The van der Waals surface area contributed by atoms with Crippen LogP contribution in [0.15, 0.2) is 170 Å². The minimum Gasteiger partial charge on any atom is -0.309 e. The molecule has 226 valence electrons. The van der Waals surface area contributed by atoms with Gasteiger partial charge in [0.25, 0.3) is 0 Å². The maximum Gasteiger partial charge on any atom is 0.193 e. The largest absolute Gasteiger partial charge is 0.309 e. The van der Waals surface area contributed by atoms with Crippen molar-refractivity contribution < 1.29 is 9.59 Å². The molecule has 0 aliphatic carbocycles. The van der Waals surface area contributed by atoms with Gasteiger partial charge in [-0.15, -0.1) is 0 Å². The van der Waals surface area contributed by atoms with Crippen molar-refractivity contribution in [1.29, 1.82) is 0 Å². The van der Waals surface area contributed by atoms with Crippen molar-refractivity contribution in [3.8, 4) is 11.4 Å². The molecule has 4 nitrogen and oxygen atoms in total. The lowest BCUT2D eigenvalue weighted by molar-refractivity contribution is 0.100. The van der Waals surface area contributed by atoms with Gasteiger partial charge < -0.3 is 9.13 Å². The highest BCUT2D eigenvalue weighted by molar-refractivity contribution is 6.20. The lowest BCUT2D eigenvalue weighted by atomic mass is 9.93. The number of carbonyl (C=O) groups is 2. The van der Waals surface area contributed by atoms with Gasteiger partial charge in [0.2, 0.25) is 0 Å². The van der Waals surface area contributed by atoms with Crippen LogP contribution >= 0.6 is 0 Å². The van der Waals surface area contributed by atoms with Crippen LogP contribution < -0.4 is 0 Å². The molecule has 0 spiro atoms. The summed E-state index contributed by atoms with van der Waals surface area (Å²) in [6.45, 7) is 0. The molecule has 0 saturated carbocycles. The fraction of sp³-hybridized carbons (Fsp3) is 0. The average Bonchev–Trinajstić information content (AvgIpc) is 3.67. The van der Waals surface area contributed by atoms with Crippen molar-refractivity contribution >= 4 is 55.2 Å². The van der Waals surface area contributed by atoms with Gasteiger partial charge in [0.15, 0.2) is 11.6 Å². The monoisotopic (exact) mass is 616 g/mol. The molecule has 2 heterocycles. The summed E-state index contributed by atoms with van der Waals surface area (Å²) >= 11 is 0. The third-order valence-electron chi connectivity index (χ3n) is 9.31. The number of ketones is 2. The van der Waals surface area contributed by atoms with Crippen molar-refractivity contribution in [1.82, 2.24) is 9.13 Å². The third-order valence-corrected chi connectivity index (χ3v) is 9.31. The van der Waals surface area contributed by atoms with E-state index in [0.29, 0.717) is 22.3 Å². The Bertz CT molecular complexity index is 2430. The Morgan fingerprint density at radius 1 is 0.333 bits per heavy atom. The summed E-state index contributed by atoms with van der Waals surface area (Å²) in [7, 11) is 0. The maximum absolute atomic E-state index is 14.2. The van der Waals surface area contributed by atoms with Crippen molar-refractivity contribution in [2.45, 2.75) is 0 Å². The van der Waals surface area contributed by atoms with Gasteiger partial charge in [0.1, 0.15) is 0 Å². The van der Waals surface area contributed by atoms with E-state index in [1.165, 1.54) is 0 Å². The van der Waals surface area contributed by atoms with Crippen LogP contribution in [0.2, 0.25) is 0 Å². The van der Waals surface area contributed by atoms with E-state index in [2.05, 4.69) is 57.7 Å². The van der Waals surface area contributed by atoms with Crippen LogP contribution in [0.25, 0.3) is 55.0 Å². The smallest absolute Gasteiger partial charge is 0.193 e. The van der Waals surface area contributed by atoms with E-state index in [-0.39, 0.29) is 11.6 Å². The molecule has 0 fully saturated rings. The summed E-state index contributed by atoms with van der Waals surface area (Å²) in [4.78, 5) is 28.5. The van der Waals surface area contributed by atoms with Gasteiger partial charge in [-0.1, -0.05) is 121 Å². The zero-order chi connectivity index (χ0) is 32.2. The van der Waals surface area contributed by atoms with Crippen LogP contribution in [-0.2, 0) is 0 Å². The third kappa shape index (κ3) is 4.31.